The molecule has 2 aliphatic rings. The molecule has 102 valence electrons. The zero-order chi connectivity index (χ0) is 13.4. The van der Waals surface area contributed by atoms with Crippen molar-refractivity contribution in [3.8, 4) is 11.5 Å². The van der Waals surface area contributed by atoms with E-state index in [9.17, 15) is 0 Å². The van der Waals surface area contributed by atoms with E-state index in [-0.39, 0.29) is 6.10 Å². The van der Waals surface area contributed by atoms with E-state index >= 15 is 0 Å². The summed E-state index contributed by atoms with van der Waals surface area (Å²) in [7, 11) is 0. The van der Waals surface area contributed by atoms with Crippen LogP contribution in [0.3, 0.4) is 0 Å². The van der Waals surface area contributed by atoms with E-state index < -0.39 is 0 Å². The molecule has 0 radical (unpaired) electrons. The molecule has 0 fully saturated rings. The summed E-state index contributed by atoms with van der Waals surface area (Å²) in [4.78, 5) is 0. The van der Waals surface area contributed by atoms with E-state index in [1.165, 1.54) is 11.1 Å². The Kier molecular flexibility index (Phi) is 2.85. The minimum absolute atomic E-state index is 0.0979. The summed E-state index contributed by atoms with van der Waals surface area (Å²) < 4.78 is 17.2. The molecule has 4 rings (SSSR count). The quantitative estimate of drug-likeness (QED) is 0.794. The van der Waals surface area contributed by atoms with E-state index in [0.29, 0.717) is 19.8 Å². The normalized spacial score (nSPS) is 20.3. The molecule has 0 saturated carbocycles. The number of rotatable bonds is 1. The standard InChI is InChI=1S/C17H16O3/c1-2-4-14-11-20-16(9-12(14)3-1)13-5-6-15-17(10-13)19-8-7-18-15/h1-6,10,16H,7-9,11H2. The van der Waals surface area contributed by atoms with Crippen molar-refractivity contribution in [3.63, 3.8) is 0 Å². The zero-order valence-corrected chi connectivity index (χ0v) is 11.2. The summed E-state index contributed by atoms with van der Waals surface area (Å²) in [5, 5.41) is 0. The Labute approximate surface area is 118 Å². The third kappa shape index (κ3) is 2.04. The van der Waals surface area contributed by atoms with Gasteiger partial charge in [-0.05, 0) is 28.8 Å². The molecule has 3 heteroatoms. The van der Waals surface area contributed by atoms with Gasteiger partial charge in [0.2, 0.25) is 0 Å². The summed E-state index contributed by atoms with van der Waals surface area (Å²) in [6.07, 6.45) is 1.01. The van der Waals surface area contributed by atoms with Gasteiger partial charge in [0, 0.05) is 6.42 Å². The molecule has 0 spiro atoms. The van der Waals surface area contributed by atoms with Crippen molar-refractivity contribution in [3.05, 3.63) is 59.2 Å². The summed E-state index contributed by atoms with van der Waals surface area (Å²) >= 11 is 0. The molecule has 2 aromatic carbocycles. The molecule has 2 heterocycles. The van der Waals surface area contributed by atoms with Gasteiger partial charge in [0.25, 0.3) is 0 Å². The van der Waals surface area contributed by atoms with Crippen LogP contribution in [0.25, 0.3) is 0 Å². The number of fused-ring (bicyclic) bond motifs is 2. The minimum Gasteiger partial charge on any atom is -0.486 e. The smallest absolute Gasteiger partial charge is 0.161 e. The molecule has 0 N–H and O–H groups in total. The predicted molar refractivity (Wildman–Crippen MR) is 75.1 cm³/mol. The Morgan fingerprint density at radius 3 is 2.55 bits per heavy atom. The molecule has 0 bridgehead atoms. The van der Waals surface area contributed by atoms with Gasteiger partial charge in [-0.2, -0.15) is 0 Å². The summed E-state index contributed by atoms with van der Waals surface area (Å²) in [6, 6.07) is 14.6. The largest absolute Gasteiger partial charge is 0.486 e. The topological polar surface area (TPSA) is 27.7 Å². The van der Waals surface area contributed by atoms with Crippen molar-refractivity contribution in [2.24, 2.45) is 0 Å². The molecule has 1 unspecified atom stereocenters. The molecule has 3 nitrogen and oxygen atoms in total. The second-order valence-corrected chi connectivity index (χ2v) is 5.18. The molecular formula is C17H16O3. The van der Waals surface area contributed by atoms with Crippen molar-refractivity contribution in [2.45, 2.75) is 19.1 Å². The van der Waals surface area contributed by atoms with Gasteiger partial charge in [-0.25, -0.2) is 0 Å². The number of ether oxygens (including phenoxy) is 3. The molecule has 0 amide bonds. The predicted octanol–water partition coefficient (Wildman–Crippen LogP) is 3.27. The van der Waals surface area contributed by atoms with Crippen molar-refractivity contribution >= 4 is 0 Å². The molecule has 0 aromatic heterocycles. The van der Waals surface area contributed by atoms with Gasteiger partial charge in [-0.15, -0.1) is 0 Å². The van der Waals surface area contributed by atoms with Gasteiger partial charge in [0.15, 0.2) is 11.5 Å². The molecule has 0 aliphatic carbocycles. The third-order valence-electron chi connectivity index (χ3n) is 3.90. The lowest BCUT2D eigenvalue weighted by Crippen LogP contribution is -2.18. The Morgan fingerprint density at radius 2 is 1.65 bits per heavy atom. The number of benzene rings is 2. The molecule has 20 heavy (non-hydrogen) atoms. The van der Waals surface area contributed by atoms with Gasteiger partial charge >= 0.3 is 0 Å². The Hall–Kier alpha value is -2.00. The van der Waals surface area contributed by atoms with E-state index in [2.05, 4.69) is 30.3 Å². The fourth-order valence-electron chi connectivity index (χ4n) is 2.82. The maximum atomic E-state index is 5.99. The van der Waals surface area contributed by atoms with Crippen LogP contribution in [-0.2, 0) is 17.8 Å². The maximum absolute atomic E-state index is 5.99. The molecule has 2 aromatic rings. The molecule has 2 aliphatic heterocycles. The molecule has 0 saturated heterocycles. The van der Waals surface area contributed by atoms with Crippen LogP contribution in [-0.4, -0.2) is 13.2 Å². The first kappa shape index (κ1) is 11.8. The first-order valence-corrected chi connectivity index (χ1v) is 6.98. The van der Waals surface area contributed by atoms with Crippen molar-refractivity contribution in [1.29, 1.82) is 0 Å². The summed E-state index contributed by atoms with van der Waals surface area (Å²) in [6.45, 7) is 1.92. The number of hydrogen-bond donors (Lipinski definition) is 0. The van der Waals surface area contributed by atoms with Gasteiger partial charge in [-0.3, -0.25) is 0 Å². The van der Waals surface area contributed by atoms with Gasteiger partial charge in [-0.1, -0.05) is 30.3 Å². The van der Waals surface area contributed by atoms with Crippen LogP contribution < -0.4 is 9.47 Å². The lowest BCUT2D eigenvalue weighted by molar-refractivity contribution is 0.0271. The lowest BCUT2D eigenvalue weighted by Gasteiger charge is -2.27. The first-order valence-electron chi connectivity index (χ1n) is 6.98. The van der Waals surface area contributed by atoms with E-state index in [1.807, 2.05) is 12.1 Å². The lowest BCUT2D eigenvalue weighted by atomic mass is 9.95. The number of hydrogen-bond acceptors (Lipinski definition) is 3. The van der Waals surface area contributed by atoms with E-state index in [0.717, 1.165) is 23.5 Å². The second kappa shape index (κ2) is 4.84. The van der Waals surface area contributed by atoms with E-state index in [1.54, 1.807) is 0 Å². The van der Waals surface area contributed by atoms with Crippen molar-refractivity contribution in [1.82, 2.24) is 0 Å². The van der Waals surface area contributed by atoms with Gasteiger partial charge < -0.3 is 14.2 Å². The highest BCUT2D eigenvalue weighted by Crippen LogP contribution is 2.36. The summed E-state index contributed by atoms with van der Waals surface area (Å²) in [5.74, 6) is 1.66. The second-order valence-electron chi connectivity index (χ2n) is 5.18. The SMILES string of the molecule is c1ccc2c(c1)COC(c1ccc3c(c1)OCCO3)C2. The fourth-order valence-corrected chi connectivity index (χ4v) is 2.82. The average Bonchev–Trinajstić information content (AvgIpc) is 2.54. The summed E-state index contributed by atoms with van der Waals surface area (Å²) in [5.41, 5.74) is 3.82. The average molecular weight is 268 g/mol. The van der Waals surface area contributed by atoms with Crippen LogP contribution in [0.2, 0.25) is 0 Å². The molecule has 1 atom stereocenters. The van der Waals surface area contributed by atoms with Crippen molar-refractivity contribution < 1.29 is 14.2 Å². The fraction of sp³-hybridized carbons (Fsp3) is 0.294. The maximum Gasteiger partial charge on any atom is 0.161 e. The highest BCUT2D eigenvalue weighted by atomic mass is 16.6. The van der Waals surface area contributed by atoms with Crippen LogP contribution in [0.1, 0.15) is 22.8 Å². The van der Waals surface area contributed by atoms with Crippen LogP contribution in [0.5, 0.6) is 11.5 Å². The zero-order valence-electron chi connectivity index (χ0n) is 11.2. The van der Waals surface area contributed by atoms with Gasteiger partial charge in [0.1, 0.15) is 13.2 Å². The first-order chi connectivity index (χ1) is 9.90. The Balaban J connectivity index is 1.63. The van der Waals surface area contributed by atoms with Crippen LogP contribution >= 0.6 is 0 Å². The van der Waals surface area contributed by atoms with Crippen LogP contribution in [0.4, 0.5) is 0 Å². The van der Waals surface area contributed by atoms with Crippen LogP contribution in [0.15, 0.2) is 42.5 Å². The van der Waals surface area contributed by atoms with Gasteiger partial charge in [0.05, 0.1) is 12.7 Å². The van der Waals surface area contributed by atoms with Crippen LogP contribution in [0, 0.1) is 0 Å². The third-order valence-corrected chi connectivity index (χ3v) is 3.90. The minimum atomic E-state index is 0.0979. The Morgan fingerprint density at radius 1 is 0.850 bits per heavy atom. The monoisotopic (exact) mass is 268 g/mol. The van der Waals surface area contributed by atoms with E-state index in [4.69, 9.17) is 14.2 Å². The molecular weight excluding hydrogens is 252 g/mol. The van der Waals surface area contributed by atoms with Crippen molar-refractivity contribution in [2.75, 3.05) is 13.2 Å². The highest BCUT2D eigenvalue weighted by molar-refractivity contribution is 5.45. The highest BCUT2D eigenvalue weighted by Gasteiger charge is 2.22. The Bertz CT molecular complexity index is 636.